The number of benzene rings is 1. The molecule has 0 bridgehead atoms. The second-order valence-electron chi connectivity index (χ2n) is 5.78. The van der Waals surface area contributed by atoms with Gasteiger partial charge in [-0.25, -0.2) is 8.42 Å². The number of piperidine rings is 1. The molecule has 21 heavy (non-hydrogen) atoms. The summed E-state index contributed by atoms with van der Waals surface area (Å²) < 4.78 is 37.5. The quantitative estimate of drug-likeness (QED) is 0.856. The minimum atomic E-state index is -3.49. The van der Waals surface area contributed by atoms with Crippen molar-refractivity contribution in [2.75, 3.05) is 27.3 Å². The van der Waals surface area contributed by atoms with Crippen molar-refractivity contribution in [2.24, 2.45) is 11.8 Å². The molecule has 6 heteroatoms. The topological polar surface area (TPSA) is 55.8 Å². The van der Waals surface area contributed by atoms with E-state index in [1.807, 2.05) is 0 Å². The fraction of sp³-hybridized carbons (Fsp3) is 0.600. The molecule has 0 N–H and O–H groups in total. The molecule has 1 saturated heterocycles. The summed E-state index contributed by atoms with van der Waals surface area (Å²) >= 11 is 0. The predicted octanol–water partition coefficient (Wildman–Crippen LogP) is 2.37. The van der Waals surface area contributed by atoms with Crippen LogP contribution in [0.3, 0.4) is 0 Å². The third-order valence-corrected chi connectivity index (χ3v) is 5.66. The number of hydrogen-bond donors (Lipinski definition) is 0. The molecule has 1 aromatic carbocycles. The van der Waals surface area contributed by atoms with Crippen molar-refractivity contribution < 1.29 is 17.9 Å². The molecule has 2 rings (SSSR count). The Morgan fingerprint density at radius 2 is 1.62 bits per heavy atom. The molecular formula is C15H23NO4S. The van der Waals surface area contributed by atoms with Crippen LogP contribution in [0.15, 0.2) is 23.1 Å². The predicted molar refractivity (Wildman–Crippen MR) is 81.2 cm³/mol. The van der Waals surface area contributed by atoms with Gasteiger partial charge in [-0.3, -0.25) is 0 Å². The summed E-state index contributed by atoms with van der Waals surface area (Å²) in [5, 5.41) is 0. The third-order valence-electron chi connectivity index (χ3n) is 3.83. The number of sulfonamides is 1. The fourth-order valence-electron chi connectivity index (χ4n) is 2.93. The first-order valence-electron chi connectivity index (χ1n) is 7.10. The van der Waals surface area contributed by atoms with Gasteiger partial charge in [0.1, 0.15) is 0 Å². The molecule has 0 aliphatic carbocycles. The average molecular weight is 313 g/mol. The molecule has 118 valence electrons. The lowest BCUT2D eigenvalue weighted by Crippen LogP contribution is -2.42. The number of hydrogen-bond acceptors (Lipinski definition) is 4. The van der Waals surface area contributed by atoms with Crippen LogP contribution < -0.4 is 9.47 Å². The van der Waals surface area contributed by atoms with Gasteiger partial charge in [0.2, 0.25) is 10.0 Å². The Morgan fingerprint density at radius 3 is 2.14 bits per heavy atom. The van der Waals surface area contributed by atoms with Crippen LogP contribution in [0.25, 0.3) is 0 Å². The molecule has 1 heterocycles. The minimum Gasteiger partial charge on any atom is -0.493 e. The van der Waals surface area contributed by atoms with Gasteiger partial charge in [0, 0.05) is 19.2 Å². The van der Waals surface area contributed by atoms with Crippen LogP contribution in [0.5, 0.6) is 11.5 Å². The standard InChI is InChI=1S/C15H23NO4S/c1-11-7-12(2)10-16(9-11)21(17,18)13-5-6-14(19-3)15(8-13)20-4/h5-6,8,11-12H,7,9-10H2,1-4H3. The van der Waals surface area contributed by atoms with E-state index >= 15 is 0 Å². The highest BCUT2D eigenvalue weighted by atomic mass is 32.2. The van der Waals surface area contributed by atoms with Gasteiger partial charge < -0.3 is 9.47 Å². The Morgan fingerprint density at radius 1 is 1.05 bits per heavy atom. The van der Waals surface area contributed by atoms with Crippen LogP contribution in [0.4, 0.5) is 0 Å². The molecular weight excluding hydrogens is 290 g/mol. The van der Waals surface area contributed by atoms with Gasteiger partial charge in [-0.15, -0.1) is 0 Å². The van der Waals surface area contributed by atoms with Crippen LogP contribution in [-0.4, -0.2) is 40.0 Å². The van der Waals surface area contributed by atoms with E-state index in [1.165, 1.54) is 20.3 Å². The lowest BCUT2D eigenvalue weighted by atomic mass is 9.94. The Bertz CT molecular complexity index is 590. The van der Waals surface area contributed by atoms with Gasteiger partial charge in [-0.1, -0.05) is 13.8 Å². The zero-order chi connectivity index (χ0) is 15.6. The monoisotopic (exact) mass is 313 g/mol. The maximum atomic E-state index is 12.8. The van der Waals surface area contributed by atoms with E-state index in [4.69, 9.17) is 9.47 Å². The van der Waals surface area contributed by atoms with Crippen molar-refractivity contribution >= 4 is 10.0 Å². The third kappa shape index (κ3) is 3.32. The summed E-state index contributed by atoms with van der Waals surface area (Å²) in [6, 6.07) is 4.72. The van der Waals surface area contributed by atoms with Crippen LogP contribution in [-0.2, 0) is 10.0 Å². The Balaban J connectivity index is 2.35. The van der Waals surface area contributed by atoms with E-state index in [9.17, 15) is 8.42 Å². The van der Waals surface area contributed by atoms with Crippen molar-refractivity contribution in [1.29, 1.82) is 0 Å². The van der Waals surface area contributed by atoms with Crippen LogP contribution in [0, 0.1) is 11.8 Å². The molecule has 1 aromatic rings. The van der Waals surface area contributed by atoms with Gasteiger partial charge >= 0.3 is 0 Å². The maximum absolute atomic E-state index is 12.8. The zero-order valence-corrected chi connectivity index (χ0v) is 13.8. The largest absolute Gasteiger partial charge is 0.493 e. The Kier molecular flexibility index (Phi) is 4.78. The Labute approximate surface area is 126 Å². The zero-order valence-electron chi connectivity index (χ0n) is 13.0. The van der Waals surface area contributed by atoms with Crippen LogP contribution >= 0.6 is 0 Å². The van der Waals surface area contributed by atoms with Crippen LogP contribution in [0.2, 0.25) is 0 Å². The number of nitrogens with zero attached hydrogens (tertiary/aromatic N) is 1. The van der Waals surface area contributed by atoms with Gasteiger partial charge in [-0.2, -0.15) is 4.31 Å². The van der Waals surface area contributed by atoms with Crippen molar-refractivity contribution in [3.05, 3.63) is 18.2 Å². The summed E-state index contributed by atoms with van der Waals surface area (Å²) in [5.74, 6) is 1.71. The first kappa shape index (κ1) is 16.1. The van der Waals surface area contributed by atoms with Gasteiger partial charge in [0.05, 0.1) is 19.1 Å². The van der Waals surface area contributed by atoms with E-state index in [1.54, 1.807) is 16.4 Å². The second-order valence-corrected chi connectivity index (χ2v) is 7.72. The van der Waals surface area contributed by atoms with E-state index in [0.717, 1.165) is 6.42 Å². The fourth-order valence-corrected chi connectivity index (χ4v) is 4.62. The molecule has 2 atom stereocenters. The molecule has 0 radical (unpaired) electrons. The van der Waals surface area contributed by atoms with Crippen LogP contribution in [0.1, 0.15) is 20.3 Å². The molecule has 0 amide bonds. The first-order valence-corrected chi connectivity index (χ1v) is 8.54. The molecule has 0 saturated carbocycles. The van der Waals surface area contributed by atoms with Crippen molar-refractivity contribution in [1.82, 2.24) is 4.31 Å². The average Bonchev–Trinajstić information content (AvgIpc) is 2.45. The lowest BCUT2D eigenvalue weighted by molar-refractivity contribution is 0.222. The number of methoxy groups -OCH3 is 2. The highest BCUT2D eigenvalue weighted by molar-refractivity contribution is 7.89. The lowest BCUT2D eigenvalue weighted by Gasteiger charge is -2.34. The first-order chi connectivity index (χ1) is 9.88. The molecule has 1 aliphatic heterocycles. The normalized spacial score (nSPS) is 23.8. The molecule has 1 fully saturated rings. The SMILES string of the molecule is COc1ccc(S(=O)(=O)N2CC(C)CC(C)C2)cc1OC. The highest BCUT2D eigenvalue weighted by Crippen LogP contribution is 2.32. The molecule has 0 spiro atoms. The van der Waals surface area contributed by atoms with E-state index in [2.05, 4.69) is 13.8 Å². The molecule has 1 aliphatic rings. The van der Waals surface area contributed by atoms with E-state index in [-0.39, 0.29) is 4.90 Å². The molecule has 5 nitrogen and oxygen atoms in total. The molecule has 2 unspecified atom stereocenters. The summed E-state index contributed by atoms with van der Waals surface area (Å²) in [4.78, 5) is 0.251. The number of ether oxygens (including phenoxy) is 2. The van der Waals surface area contributed by atoms with Crippen molar-refractivity contribution in [3.63, 3.8) is 0 Å². The van der Waals surface area contributed by atoms with E-state index in [0.29, 0.717) is 36.4 Å². The minimum absolute atomic E-state index is 0.251. The second kappa shape index (κ2) is 6.23. The molecule has 0 aromatic heterocycles. The van der Waals surface area contributed by atoms with Gasteiger partial charge in [-0.05, 0) is 30.4 Å². The van der Waals surface area contributed by atoms with Crippen molar-refractivity contribution in [3.8, 4) is 11.5 Å². The van der Waals surface area contributed by atoms with Gasteiger partial charge in [0.25, 0.3) is 0 Å². The smallest absolute Gasteiger partial charge is 0.243 e. The highest BCUT2D eigenvalue weighted by Gasteiger charge is 2.32. The van der Waals surface area contributed by atoms with Crippen molar-refractivity contribution in [2.45, 2.75) is 25.2 Å². The summed E-state index contributed by atoms with van der Waals surface area (Å²) in [7, 11) is -0.461. The summed E-state index contributed by atoms with van der Waals surface area (Å²) in [6.45, 7) is 5.32. The Hall–Kier alpha value is -1.27. The summed E-state index contributed by atoms with van der Waals surface area (Å²) in [5.41, 5.74) is 0. The summed E-state index contributed by atoms with van der Waals surface area (Å²) in [6.07, 6.45) is 1.07. The number of rotatable bonds is 4. The van der Waals surface area contributed by atoms with Gasteiger partial charge in [0.15, 0.2) is 11.5 Å². The van der Waals surface area contributed by atoms with E-state index < -0.39 is 10.0 Å². The maximum Gasteiger partial charge on any atom is 0.243 e.